The minimum absolute atomic E-state index is 0.0361. The van der Waals surface area contributed by atoms with Crippen LogP contribution in [0.1, 0.15) is 23.2 Å². The number of likely N-dealkylation sites (tertiary alicyclic amines) is 1. The van der Waals surface area contributed by atoms with Crippen LogP contribution in [0.15, 0.2) is 24.3 Å². The van der Waals surface area contributed by atoms with E-state index in [0.717, 1.165) is 0 Å². The summed E-state index contributed by atoms with van der Waals surface area (Å²) < 4.78 is 16.5. The number of hydrogen-bond acceptors (Lipinski definition) is 5. The highest BCUT2D eigenvalue weighted by molar-refractivity contribution is 5.98. The molecule has 1 N–H and O–H groups in total. The van der Waals surface area contributed by atoms with Crippen molar-refractivity contribution >= 4 is 11.8 Å². The first kappa shape index (κ1) is 16.7. The topological polar surface area (TPSA) is 77.1 Å². The summed E-state index contributed by atoms with van der Waals surface area (Å²) in [5.41, 5.74) is 0.415. The third kappa shape index (κ3) is 3.52. The van der Waals surface area contributed by atoms with Gasteiger partial charge in [0.15, 0.2) is 5.79 Å². The maximum Gasteiger partial charge on any atom is 0.255 e. The Hall–Kier alpha value is -2.12. The van der Waals surface area contributed by atoms with Crippen molar-refractivity contribution in [3.8, 4) is 5.75 Å². The van der Waals surface area contributed by atoms with Gasteiger partial charge in [0.2, 0.25) is 5.91 Å². The predicted octanol–water partition coefficient (Wildman–Crippen LogP) is 0.790. The Balaban J connectivity index is 1.50. The number of methoxy groups -OCH3 is 1. The number of ether oxygens (including phenoxy) is 3. The minimum Gasteiger partial charge on any atom is -0.496 e. The summed E-state index contributed by atoms with van der Waals surface area (Å²) in [4.78, 5) is 26.2. The van der Waals surface area contributed by atoms with Gasteiger partial charge in [-0.1, -0.05) is 12.1 Å². The molecule has 0 aromatic heterocycles. The van der Waals surface area contributed by atoms with Crippen molar-refractivity contribution in [2.45, 2.75) is 18.6 Å². The first-order valence-corrected chi connectivity index (χ1v) is 8.10. The maximum absolute atomic E-state index is 12.3. The highest BCUT2D eigenvalue weighted by Crippen LogP contribution is 2.31. The second-order valence-corrected chi connectivity index (χ2v) is 5.87. The number of nitrogens with zero attached hydrogens (tertiary/aromatic N) is 1. The third-order valence-corrected chi connectivity index (χ3v) is 4.44. The van der Waals surface area contributed by atoms with Crippen molar-refractivity contribution in [1.29, 1.82) is 0 Å². The van der Waals surface area contributed by atoms with Crippen molar-refractivity contribution in [3.05, 3.63) is 29.8 Å². The van der Waals surface area contributed by atoms with Crippen LogP contribution in [0.25, 0.3) is 0 Å². The van der Waals surface area contributed by atoms with Gasteiger partial charge < -0.3 is 24.4 Å². The van der Waals surface area contributed by atoms with E-state index in [4.69, 9.17) is 14.2 Å². The Bertz CT molecular complexity index is 603. The lowest BCUT2D eigenvalue weighted by molar-refractivity contribution is -0.187. The van der Waals surface area contributed by atoms with Gasteiger partial charge in [-0.2, -0.15) is 0 Å². The van der Waals surface area contributed by atoms with Crippen molar-refractivity contribution in [2.24, 2.45) is 0 Å². The highest BCUT2D eigenvalue weighted by atomic mass is 16.7. The number of benzene rings is 1. The third-order valence-electron chi connectivity index (χ3n) is 4.44. The van der Waals surface area contributed by atoms with Gasteiger partial charge in [-0.25, -0.2) is 0 Å². The van der Waals surface area contributed by atoms with Crippen molar-refractivity contribution in [1.82, 2.24) is 10.2 Å². The average molecular weight is 334 g/mol. The van der Waals surface area contributed by atoms with Gasteiger partial charge in [0.05, 0.1) is 32.4 Å². The van der Waals surface area contributed by atoms with E-state index in [0.29, 0.717) is 50.5 Å². The largest absolute Gasteiger partial charge is 0.496 e. The van der Waals surface area contributed by atoms with E-state index in [-0.39, 0.29) is 18.4 Å². The number of para-hydroxylation sites is 1. The molecule has 2 fully saturated rings. The number of piperidine rings is 1. The molecule has 1 spiro atoms. The van der Waals surface area contributed by atoms with E-state index >= 15 is 0 Å². The Morgan fingerprint density at radius 2 is 1.88 bits per heavy atom. The summed E-state index contributed by atoms with van der Waals surface area (Å²) in [6, 6.07) is 6.92. The molecule has 0 saturated carbocycles. The SMILES string of the molecule is COc1ccccc1C(=O)NCC(=O)N1CCC2(CC1)OCCO2. The molecule has 1 aromatic carbocycles. The van der Waals surface area contributed by atoms with Crippen LogP contribution in [0.4, 0.5) is 0 Å². The summed E-state index contributed by atoms with van der Waals surface area (Å²) in [5.74, 6) is -0.446. The van der Waals surface area contributed by atoms with Gasteiger partial charge >= 0.3 is 0 Å². The molecule has 0 unspecified atom stereocenters. The van der Waals surface area contributed by atoms with Gasteiger partial charge in [-0.3, -0.25) is 9.59 Å². The molecule has 2 heterocycles. The van der Waals surface area contributed by atoms with E-state index in [1.54, 1.807) is 29.2 Å². The lowest BCUT2D eigenvalue weighted by Gasteiger charge is -2.37. The first-order chi connectivity index (χ1) is 11.6. The predicted molar refractivity (Wildman–Crippen MR) is 85.8 cm³/mol. The number of carbonyl (C=O) groups is 2. The summed E-state index contributed by atoms with van der Waals surface area (Å²) in [5, 5.41) is 2.66. The van der Waals surface area contributed by atoms with E-state index in [9.17, 15) is 9.59 Å². The van der Waals surface area contributed by atoms with E-state index in [2.05, 4.69) is 5.32 Å². The Kier molecular flexibility index (Phi) is 5.01. The average Bonchev–Trinajstić information content (AvgIpc) is 3.08. The Morgan fingerprint density at radius 3 is 2.54 bits per heavy atom. The molecule has 0 atom stereocenters. The number of amides is 2. The van der Waals surface area contributed by atoms with Gasteiger partial charge in [-0.05, 0) is 12.1 Å². The van der Waals surface area contributed by atoms with Crippen molar-refractivity contribution in [2.75, 3.05) is 40.0 Å². The summed E-state index contributed by atoms with van der Waals surface area (Å²) in [7, 11) is 1.51. The van der Waals surface area contributed by atoms with E-state index in [1.807, 2.05) is 0 Å². The van der Waals surface area contributed by atoms with Crippen LogP contribution in [0.5, 0.6) is 5.75 Å². The van der Waals surface area contributed by atoms with E-state index < -0.39 is 5.79 Å². The fourth-order valence-electron chi connectivity index (χ4n) is 3.08. The normalized spacial score (nSPS) is 19.3. The standard InChI is InChI=1S/C17H22N2O5/c1-22-14-5-3-2-4-13(14)16(21)18-12-15(20)19-8-6-17(7-9-19)23-10-11-24-17/h2-5H,6-12H2,1H3,(H,18,21). The zero-order valence-electron chi connectivity index (χ0n) is 13.7. The molecule has 2 aliphatic rings. The van der Waals surface area contributed by atoms with Crippen LogP contribution in [0, 0.1) is 0 Å². The number of hydrogen-bond donors (Lipinski definition) is 1. The Morgan fingerprint density at radius 1 is 1.21 bits per heavy atom. The number of nitrogens with one attached hydrogen (secondary N) is 1. The van der Waals surface area contributed by atoms with Crippen LogP contribution >= 0.6 is 0 Å². The van der Waals surface area contributed by atoms with Crippen LogP contribution in [-0.2, 0) is 14.3 Å². The molecular formula is C17H22N2O5. The van der Waals surface area contributed by atoms with Crippen LogP contribution < -0.4 is 10.1 Å². The number of rotatable bonds is 4. The lowest BCUT2D eigenvalue weighted by atomic mass is 10.0. The molecule has 0 radical (unpaired) electrons. The van der Waals surface area contributed by atoms with Crippen LogP contribution in [-0.4, -0.2) is 62.5 Å². The summed E-state index contributed by atoms with van der Waals surface area (Å²) >= 11 is 0. The molecule has 1 aromatic rings. The summed E-state index contributed by atoms with van der Waals surface area (Å²) in [6.07, 6.45) is 1.33. The van der Waals surface area contributed by atoms with Gasteiger partial charge in [0.25, 0.3) is 5.91 Å². The van der Waals surface area contributed by atoms with Crippen molar-refractivity contribution < 1.29 is 23.8 Å². The quantitative estimate of drug-likeness (QED) is 0.881. The molecule has 0 aliphatic carbocycles. The molecule has 7 heteroatoms. The molecule has 130 valence electrons. The monoisotopic (exact) mass is 334 g/mol. The molecule has 2 saturated heterocycles. The first-order valence-electron chi connectivity index (χ1n) is 8.10. The van der Waals surface area contributed by atoms with E-state index in [1.165, 1.54) is 7.11 Å². The highest BCUT2D eigenvalue weighted by Gasteiger charge is 2.40. The summed E-state index contributed by atoms with van der Waals surface area (Å²) in [6.45, 7) is 2.34. The van der Waals surface area contributed by atoms with Gasteiger partial charge in [0, 0.05) is 25.9 Å². The molecule has 3 rings (SSSR count). The second-order valence-electron chi connectivity index (χ2n) is 5.87. The molecule has 0 bridgehead atoms. The van der Waals surface area contributed by atoms with Crippen LogP contribution in [0.2, 0.25) is 0 Å². The molecule has 2 aliphatic heterocycles. The Labute approximate surface area is 140 Å². The van der Waals surface area contributed by atoms with Gasteiger partial charge in [0.1, 0.15) is 5.75 Å². The second kappa shape index (κ2) is 7.19. The minimum atomic E-state index is -0.503. The molecular weight excluding hydrogens is 312 g/mol. The molecule has 24 heavy (non-hydrogen) atoms. The smallest absolute Gasteiger partial charge is 0.255 e. The molecule has 7 nitrogen and oxygen atoms in total. The van der Waals surface area contributed by atoms with Crippen molar-refractivity contribution in [3.63, 3.8) is 0 Å². The zero-order chi connectivity index (χ0) is 17.0. The zero-order valence-corrected chi connectivity index (χ0v) is 13.7. The van der Waals surface area contributed by atoms with Gasteiger partial charge in [-0.15, -0.1) is 0 Å². The fraction of sp³-hybridized carbons (Fsp3) is 0.529. The fourth-order valence-corrected chi connectivity index (χ4v) is 3.08. The number of carbonyl (C=O) groups excluding carboxylic acids is 2. The molecule has 2 amide bonds. The lowest BCUT2D eigenvalue weighted by Crippen LogP contribution is -2.49. The van der Waals surface area contributed by atoms with Crippen LogP contribution in [0.3, 0.4) is 0 Å². The maximum atomic E-state index is 12.3.